The van der Waals surface area contributed by atoms with Gasteiger partial charge in [-0.2, -0.15) is 11.3 Å². The summed E-state index contributed by atoms with van der Waals surface area (Å²) in [6, 6.07) is 8.10. The number of thiophene rings is 1. The second-order valence-electron chi connectivity index (χ2n) is 3.45. The Bertz CT molecular complexity index is 529. The highest BCUT2D eigenvalue weighted by Gasteiger charge is 2.07. The molecular weight excluding hydrogens is 256 g/mol. The molecule has 1 heterocycles. The molecule has 0 amide bonds. The van der Waals surface area contributed by atoms with Crippen molar-refractivity contribution in [3.05, 3.63) is 52.2 Å². The van der Waals surface area contributed by atoms with Crippen LogP contribution in [-0.4, -0.2) is 15.3 Å². The number of hydrogen-bond acceptors (Lipinski definition) is 3. The van der Waals surface area contributed by atoms with Crippen molar-refractivity contribution in [3.8, 4) is 0 Å². The van der Waals surface area contributed by atoms with E-state index in [-0.39, 0.29) is 5.56 Å². The number of carboxylic acid groups (broad SMARTS) is 1. The molecule has 0 aliphatic carbocycles. The zero-order chi connectivity index (χ0) is 12.3. The second-order valence-corrected chi connectivity index (χ2v) is 5.68. The van der Waals surface area contributed by atoms with Crippen LogP contribution in [0.4, 0.5) is 0 Å². The molecular formula is C12H10O3S2. The molecule has 1 aromatic carbocycles. The lowest BCUT2D eigenvalue weighted by Gasteiger charge is -2.01. The van der Waals surface area contributed by atoms with Crippen LogP contribution in [0, 0.1) is 0 Å². The summed E-state index contributed by atoms with van der Waals surface area (Å²) in [7, 11) is -1.12. The number of aromatic carboxylic acids is 1. The van der Waals surface area contributed by atoms with Crippen LogP contribution in [0.2, 0.25) is 0 Å². The first kappa shape index (κ1) is 12.0. The molecule has 5 heteroatoms. The van der Waals surface area contributed by atoms with Crippen LogP contribution in [-0.2, 0) is 16.6 Å². The molecule has 0 saturated heterocycles. The summed E-state index contributed by atoms with van der Waals surface area (Å²) in [6.45, 7) is 0. The maximum Gasteiger partial charge on any atom is 0.335 e. The van der Waals surface area contributed by atoms with Crippen LogP contribution in [0.25, 0.3) is 0 Å². The molecule has 88 valence electrons. The Labute approximate surface area is 105 Å². The lowest BCUT2D eigenvalue weighted by molar-refractivity contribution is 0.0697. The Morgan fingerprint density at radius 3 is 2.47 bits per heavy atom. The van der Waals surface area contributed by atoms with Crippen LogP contribution in [0.3, 0.4) is 0 Å². The van der Waals surface area contributed by atoms with E-state index in [0.717, 1.165) is 5.56 Å². The van der Waals surface area contributed by atoms with Gasteiger partial charge in [-0.1, -0.05) is 0 Å². The quantitative estimate of drug-likeness (QED) is 0.925. The Hall–Kier alpha value is -1.46. The van der Waals surface area contributed by atoms with E-state index in [2.05, 4.69) is 0 Å². The fourth-order valence-corrected chi connectivity index (χ4v) is 3.22. The van der Waals surface area contributed by atoms with Crippen molar-refractivity contribution in [2.24, 2.45) is 0 Å². The third-order valence-corrected chi connectivity index (χ3v) is 4.37. The molecule has 0 aliphatic rings. The highest BCUT2D eigenvalue weighted by atomic mass is 32.2. The molecule has 1 unspecified atom stereocenters. The first-order chi connectivity index (χ1) is 8.16. The smallest absolute Gasteiger partial charge is 0.335 e. The van der Waals surface area contributed by atoms with Crippen molar-refractivity contribution in [2.75, 3.05) is 0 Å². The van der Waals surface area contributed by atoms with Crippen LogP contribution in [0.15, 0.2) is 46.0 Å². The lowest BCUT2D eigenvalue weighted by atomic mass is 10.2. The Balaban J connectivity index is 2.12. The van der Waals surface area contributed by atoms with Gasteiger partial charge in [-0.3, -0.25) is 4.21 Å². The average Bonchev–Trinajstić information content (AvgIpc) is 2.82. The van der Waals surface area contributed by atoms with Crippen molar-refractivity contribution in [2.45, 2.75) is 10.6 Å². The molecule has 0 aliphatic heterocycles. The Morgan fingerprint density at radius 1 is 1.24 bits per heavy atom. The first-order valence-electron chi connectivity index (χ1n) is 4.89. The summed E-state index contributed by atoms with van der Waals surface area (Å²) in [5, 5.41) is 12.7. The summed E-state index contributed by atoms with van der Waals surface area (Å²) in [4.78, 5) is 11.3. The molecule has 0 spiro atoms. The molecule has 1 N–H and O–H groups in total. The van der Waals surface area contributed by atoms with Gasteiger partial charge in [0, 0.05) is 4.90 Å². The Morgan fingerprint density at radius 2 is 1.94 bits per heavy atom. The van der Waals surface area contributed by atoms with Gasteiger partial charge >= 0.3 is 5.97 Å². The molecule has 0 radical (unpaired) electrons. The number of carboxylic acids is 1. The molecule has 0 fully saturated rings. The van der Waals surface area contributed by atoms with Crippen LogP contribution >= 0.6 is 11.3 Å². The molecule has 2 rings (SSSR count). The summed E-state index contributed by atoms with van der Waals surface area (Å²) in [5.41, 5.74) is 1.25. The van der Waals surface area contributed by atoms with Crippen molar-refractivity contribution in [1.82, 2.24) is 0 Å². The molecule has 1 aromatic heterocycles. The first-order valence-corrected chi connectivity index (χ1v) is 7.16. The topological polar surface area (TPSA) is 54.4 Å². The summed E-state index contributed by atoms with van der Waals surface area (Å²) >= 11 is 1.57. The van der Waals surface area contributed by atoms with E-state index in [1.54, 1.807) is 23.5 Å². The molecule has 0 bridgehead atoms. The van der Waals surface area contributed by atoms with Crippen LogP contribution < -0.4 is 0 Å². The lowest BCUT2D eigenvalue weighted by Crippen LogP contribution is -1.98. The standard InChI is InChI=1S/C12H10O3S2/c13-12(14)10-1-3-11(4-2-10)17(15)8-9-5-6-16-7-9/h1-7H,8H2,(H,13,14). The van der Waals surface area contributed by atoms with Gasteiger partial charge < -0.3 is 5.11 Å². The second kappa shape index (κ2) is 5.25. The minimum Gasteiger partial charge on any atom is -0.478 e. The minimum absolute atomic E-state index is 0.210. The molecule has 2 aromatic rings. The predicted molar refractivity (Wildman–Crippen MR) is 67.8 cm³/mol. The fraction of sp³-hybridized carbons (Fsp3) is 0.0833. The average molecular weight is 266 g/mol. The number of carbonyl (C=O) groups is 1. The summed E-state index contributed by atoms with van der Waals surface area (Å²) in [5.74, 6) is -0.504. The van der Waals surface area contributed by atoms with Crippen LogP contribution in [0.5, 0.6) is 0 Å². The number of rotatable bonds is 4. The zero-order valence-corrected chi connectivity index (χ0v) is 10.5. The van der Waals surface area contributed by atoms with E-state index in [0.29, 0.717) is 10.6 Å². The third kappa shape index (κ3) is 3.01. The monoisotopic (exact) mass is 266 g/mol. The molecule has 1 atom stereocenters. The number of benzene rings is 1. The minimum atomic E-state index is -1.12. The maximum absolute atomic E-state index is 12.0. The van der Waals surface area contributed by atoms with Crippen molar-refractivity contribution in [3.63, 3.8) is 0 Å². The van der Waals surface area contributed by atoms with Gasteiger partial charge in [-0.15, -0.1) is 0 Å². The zero-order valence-electron chi connectivity index (χ0n) is 8.83. The van der Waals surface area contributed by atoms with E-state index in [1.807, 2.05) is 16.8 Å². The Kier molecular flexibility index (Phi) is 3.71. The van der Waals surface area contributed by atoms with E-state index in [1.165, 1.54) is 12.1 Å². The SMILES string of the molecule is O=C(O)c1ccc(S(=O)Cc2ccsc2)cc1. The van der Waals surface area contributed by atoms with Gasteiger partial charge in [-0.25, -0.2) is 4.79 Å². The highest BCUT2D eigenvalue weighted by Crippen LogP contribution is 2.15. The summed E-state index contributed by atoms with van der Waals surface area (Å²) in [6.07, 6.45) is 0. The van der Waals surface area contributed by atoms with E-state index in [9.17, 15) is 9.00 Å². The predicted octanol–water partition coefficient (Wildman–Crippen LogP) is 2.75. The van der Waals surface area contributed by atoms with Crippen molar-refractivity contribution >= 4 is 28.1 Å². The third-order valence-electron chi connectivity index (χ3n) is 2.24. The van der Waals surface area contributed by atoms with Gasteiger partial charge in [0.2, 0.25) is 0 Å². The van der Waals surface area contributed by atoms with E-state index < -0.39 is 16.8 Å². The van der Waals surface area contributed by atoms with Gasteiger partial charge in [0.05, 0.1) is 22.1 Å². The van der Waals surface area contributed by atoms with Crippen LogP contribution in [0.1, 0.15) is 15.9 Å². The summed E-state index contributed by atoms with van der Waals surface area (Å²) < 4.78 is 12.0. The maximum atomic E-state index is 12.0. The normalized spacial score (nSPS) is 12.2. The van der Waals surface area contributed by atoms with E-state index >= 15 is 0 Å². The molecule has 3 nitrogen and oxygen atoms in total. The van der Waals surface area contributed by atoms with Crippen molar-refractivity contribution in [1.29, 1.82) is 0 Å². The van der Waals surface area contributed by atoms with Gasteiger partial charge in [0.1, 0.15) is 0 Å². The van der Waals surface area contributed by atoms with E-state index in [4.69, 9.17) is 5.11 Å². The highest BCUT2D eigenvalue weighted by molar-refractivity contribution is 7.84. The van der Waals surface area contributed by atoms with Gasteiger partial charge in [0.15, 0.2) is 0 Å². The largest absolute Gasteiger partial charge is 0.478 e. The molecule has 17 heavy (non-hydrogen) atoms. The fourth-order valence-electron chi connectivity index (χ4n) is 1.36. The molecule has 0 saturated carbocycles. The number of hydrogen-bond donors (Lipinski definition) is 1. The van der Waals surface area contributed by atoms with Gasteiger partial charge in [-0.05, 0) is 46.7 Å². The van der Waals surface area contributed by atoms with Crippen molar-refractivity contribution < 1.29 is 14.1 Å². The van der Waals surface area contributed by atoms with Gasteiger partial charge in [0.25, 0.3) is 0 Å².